The fourth-order valence-corrected chi connectivity index (χ4v) is 3.98. The number of unbranched alkanes of at least 4 members (excludes halogenated alkanes) is 1. The van der Waals surface area contributed by atoms with E-state index in [-0.39, 0.29) is 24.5 Å². The van der Waals surface area contributed by atoms with Gasteiger partial charge in [-0.1, -0.05) is 61.0 Å². The quantitative estimate of drug-likeness (QED) is 0.225. The molecule has 1 atom stereocenters. The first-order valence-corrected chi connectivity index (χ1v) is 12.2. The van der Waals surface area contributed by atoms with Crippen LogP contribution in [0.5, 0.6) is 5.75 Å². The van der Waals surface area contributed by atoms with Crippen molar-refractivity contribution in [3.05, 3.63) is 107 Å². The molecule has 0 aliphatic rings. The maximum atomic E-state index is 12.8. The van der Waals surface area contributed by atoms with Crippen molar-refractivity contribution in [3.8, 4) is 5.75 Å². The first kappa shape index (κ1) is 28.5. The summed E-state index contributed by atoms with van der Waals surface area (Å²) in [5, 5.41) is 18.1. The summed E-state index contributed by atoms with van der Waals surface area (Å²) in [6.07, 6.45) is 2.35. The molecular weight excluding hydrogens is 497 g/mol. The molecule has 3 rings (SSSR count). The number of aromatic carboxylic acids is 1. The van der Waals surface area contributed by atoms with Gasteiger partial charge in [-0.15, -0.1) is 0 Å². The standard InChI is InChI=1S/C30H29F3O5/c31-30(32,33)26-17-12-23(13-18-26)20-38-27-7-3-2-6-24(27)14-9-21(5-1-4-8-28(34)35)19-22-10-15-25(16-11-22)29(36)37/h2-3,6-7,9-18,21H,1,4-5,8,19-20H2,(H,34,35)(H,36,37)/b14-9+. The Morgan fingerprint density at radius 1 is 0.868 bits per heavy atom. The van der Waals surface area contributed by atoms with E-state index < -0.39 is 23.7 Å². The smallest absolute Gasteiger partial charge is 0.416 e. The number of ether oxygens (including phenoxy) is 1. The van der Waals surface area contributed by atoms with Gasteiger partial charge in [0.05, 0.1) is 11.1 Å². The Labute approximate surface area is 219 Å². The van der Waals surface area contributed by atoms with Crippen LogP contribution in [0.3, 0.4) is 0 Å². The van der Waals surface area contributed by atoms with Crippen molar-refractivity contribution in [3.63, 3.8) is 0 Å². The monoisotopic (exact) mass is 526 g/mol. The van der Waals surface area contributed by atoms with Gasteiger partial charge in [0.25, 0.3) is 0 Å². The average molecular weight is 527 g/mol. The van der Waals surface area contributed by atoms with E-state index in [9.17, 15) is 22.8 Å². The van der Waals surface area contributed by atoms with Crippen LogP contribution in [-0.4, -0.2) is 22.2 Å². The summed E-state index contributed by atoms with van der Waals surface area (Å²) < 4.78 is 44.3. The minimum Gasteiger partial charge on any atom is -0.488 e. The molecule has 0 aliphatic carbocycles. The van der Waals surface area contributed by atoms with E-state index in [0.29, 0.717) is 24.2 Å². The lowest BCUT2D eigenvalue weighted by atomic mass is 9.92. The molecule has 1 unspecified atom stereocenters. The van der Waals surface area contributed by atoms with Crippen molar-refractivity contribution < 1.29 is 37.7 Å². The first-order valence-electron chi connectivity index (χ1n) is 12.2. The highest BCUT2D eigenvalue weighted by molar-refractivity contribution is 5.87. The van der Waals surface area contributed by atoms with Crippen molar-refractivity contribution in [2.24, 2.45) is 5.92 Å². The lowest BCUT2D eigenvalue weighted by molar-refractivity contribution is -0.138. The minimum absolute atomic E-state index is 0.0717. The molecule has 0 fully saturated rings. The van der Waals surface area contributed by atoms with E-state index in [1.165, 1.54) is 12.1 Å². The molecule has 0 saturated heterocycles. The number of hydrogen-bond acceptors (Lipinski definition) is 3. The third-order valence-corrected chi connectivity index (χ3v) is 6.06. The van der Waals surface area contributed by atoms with Crippen LogP contribution >= 0.6 is 0 Å². The largest absolute Gasteiger partial charge is 0.488 e. The summed E-state index contributed by atoms with van der Waals surface area (Å²) in [6, 6.07) is 18.9. The van der Waals surface area contributed by atoms with Crippen molar-refractivity contribution in [1.29, 1.82) is 0 Å². The molecule has 3 aromatic carbocycles. The Morgan fingerprint density at radius 3 is 2.16 bits per heavy atom. The lowest BCUT2D eigenvalue weighted by Gasteiger charge is -2.14. The molecule has 38 heavy (non-hydrogen) atoms. The highest BCUT2D eigenvalue weighted by Gasteiger charge is 2.29. The van der Waals surface area contributed by atoms with Crippen LogP contribution in [0.15, 0.2) is 78.9 Å². The summed E-state index contributed by atoms with van der Waals surface area (Å²) in [6.45, 7) is 0.109. The number of para-hydroxylation sites is 1. The van der Waals surface area contributed by atoms with Gasteiger partial charge in [0.1, 0.15) is 12.4 Å². The molecule has 0 spiro atoms. The highest BCUT2D eigenvalue weighted by atomic mass is 19.4. The third kappa shape index (κ3) is 9.10. The Kier molecular flexibility index (Phi) is 10.1. The zero-order valence-electron chi connectivity index (χ0n) is 20.7. The van der Waals surface area contributed by atoms with Gasteiger partial charge >= 0.3 is 18.1 Å². The minimum atomic E-state index is -4.39. The van der Waals surface area contributed by atoms with Gasteiger partial charge < -0.3 is 14.9 Å². The molecule has 2 N–H and O–H groups in total. The van der Waals surface area contributed by atoms with Crippen LogP contribution in [0, 0.1) is 5.92 Å². The molecule has 0 bridgehead atoms. The number of hydrogen-bond donors (Lipinski definition) is 2. The second-order valence-electron chi connectivity index (χ2n) is 8.99. The summed E-state index contributed by atoms with van der Waals surface area (Å²) in [5.41, 5.74) is 1.88. The predicted molar refractivity (Wildman–Crippen MR) is 138 cm³/mol. The SMILES string of the molecule is O=C(O)CCCCC(/C=C/c1ccccc1OCc1ccc(C(F)(F)F)cc1)Cc1ccc(C(=O)O)cc1. The molecule has 0 aromatic heterocycles. The number of aliphatic carboxylic acids is 1. The normalized spacial score (nSPS) is 12.4. The molecule has 5 nitrogen and oxygen atoms in total. The average Bonchev–Trinajstić information content (AvgIpc) is 2.88. The number of rotatable bonds is 13. The van der Waals surface area contributed by atoms with Crippen molar-refractivity contribution in [2.75, 3.05) is 0 Å². The van der Waals surface area contributed by atoms with E-state index in [4.69, 9.17) is 14.9 Å². The molecule has 0 radical (unpaired) electrons. The van der Waals surface area contributed by atoms with Gasteiger partial charge in [-0.2, -0.15) is 13.2 Å². The predicted octanol–water partition coefficient (Wildman–Crippen LogP) is 7.50. The molecule has 0 heterocycles. The zero-order valence-corrected chi connectivity index (χ0v) is 20.7. The molecule has 3 aromatic rings. The van der Waals surface area contributed by atoms with Crippen LogP contribution < -0.4 is 4.74 Å². The summed E-state index contributed by atoms with van der Waals surface area (Å²) in [5.74, 6) is -1.17. The van der Waals surface area contributed by atoms with Crippen LogP contribution in [0.4, 0.5) is 13.2 Å². The molecule has 200 valence electrons. The molecule has 0 saturated carbocycles. The number of carboxylic acids is 2. The Bertz CT molecular complexity index is 1230. The number of allylic oxidation sites excluding steroid dienone is 1. The van der Waals surface area contributed by atoms with E-state index in [0.717, 1.165) is 36.1 Å². The van der Waals surface area contributed by atoms with Crippen molar-refractivity contribution >= 4 is 18.0 Å². The maximum absolute atomic E-state index is 12.8. The van der Waals surface area contributed by atoms with Crippen molar-refractivity contribution in [2.45, 2.75) is 44.9 Å². The van der Waals surface area contributed by atoms with Crippen LogP contribution in [0.25, 0.3) is 6.08 Å². The molecular formula is C30H29F3O5. The number of halogens is 3. The summed E-state index contributed by atoms with van der Waals surface area (Å²) in [4.78, 5) is 22.0. The van der Waals surface area contributed by atoms with Crippen LogP contribution in [0.2, 0.25) is 0 Å². The number of carbonyl (C=O) groups is 2. The topological polar surface area (TPSA) is 83.8 Å². The molecule has 8 heteroatoms. The fourth-order valence-electron chi connectivity index (χ4n) is 3.98. The second kappa shape index (κ2) is 13.5. The van der Waals surface area contributed by atoms with Gasteiger partial charge in [0, 0.05) is 12.0 Å². The summed E-state index contributed by atoms with van der Waals surface area (Å²) in [7, 11) is 0. The second-order valence-corrected chi connectivity index (χ2v) is 8.99. The van der Waals surface area contributed by atoms with Gasteiger partial charge in [0.2, 0.25) is 0 Å². The Morgan fingerprint density at radius 2 is 1.53 bits per heavy atom. The Balaban J connectivity index is 1.70. The number of alkyl halides is 3. The van der Waals surface area contributed by atoms with Gasteiger partial charge in [-0.25, -0.2) is 4.79 Å². The van der Waals surface area contributed by atoms with Gasteiger partial charge in [0.15, 0.2) is 0 Å². The Hall–Kier alpha value is -4.07. The third-order valence-electron chi connectivity index (χ3n) is 6.06. The highest BCUT2D eigenvalue weighted by Crippen LogP contribution is 2.29. The molecule has 0 aliphatic heterocycles. The maximum Gasteiger partial charge on any atom is 0.416 e. The van der Waals surface area contributed by atoms with Crippen LogP contribution in [0.1, 0.15) is 58.3 Å². The van der Waals surface area contributed by atoms with E-state index in [1.54, 1.807) is 30.3 Å². The van der Waals surface area contributed by atoms with E-state index in [2.05, 4.69) is 0 Å². The van der Waals surface area contributed by atoms with Crippen molar-refractivity contribution in [1.82, 2.24) is 0 Å². The van der Waals surface area contributed by atoms with E-state index >= 15 is 0 Å². The first-order chi connectivity index (χ1) is 18.1. The van der Waals surface area contributed by atoms with E-state index in [1.807, 2.05) is 30.4 Å². The lowest BCUT2D eigenvalue weighted by Crippen LogP contribution is -2.05. The number of carboxylic acid groups (broad SMARTS) is 2. The summed E-state index contributed by atoms with van der Waals surface area (Å²) >= 11 is 0. The fraction of sp³-hybridized carbons (Fsp3) is 0.267. The molecule has 0 amide bonds. The zero-order chi connectivity index (χ0) is 27.5. The number of benzene rings is 3. The van der Waals surface area contributed by atoms with Gasteiger partial charge in [-0.3, -0.25) is 4.79 Å². The van der Waals surface area contributed by atoms with Gasteiger partial charge in [-0.05, 0) is 66.6 Å². The van der Waals surface area contributed by atoms with Crippen LogP contribution in [-0.2, 0) is 24.0 Å².